The first-order valence-electron chi connectivity index (χ1n) is 7.97. The summed E-state index contributed by atoms with van der Waals surface area (Å²) in [6, 6.07) is 13.0. The van der Waals surface area contributed by atoms with Crippen molar-refractivity contribution in [1.29, 1.82) is 0 Å². The Morgan fingerprint density at radius 3 is 2.19 bits per heavy atom. The third kappa shape index (κ3) is 4.16. The Morgan fingerprint density at radius 2 is 1.63 bits per heavy atom. The van der Waals surface area contributed by atoms with Crippen LogP contribution in [-0.2, 0) is 9.84 Å². The summed E-state index contributed by atoms with van der Waals surface area (Å²) in [6.07, 6.45) is 0. The van der Waals surface area contributed by atoms with Gasteiger partial charge < -0.3 is 0 Å². The molecule has 1 heterocycles. The zero-order valence-corrected chi connectivity index (χ0v) is 16.1. The molecule has 1 aromatic heterocycles. The van der Waals surface area contributed by atoms with Gasteiger partial charge in [-0.05, 0) is 70.1 Å². The topological polar surface area (TPSA) is 77.7 Å². The van der Waals surface area contributed by atoms with Crippen LogP contribution in [0.3, 0.4) is 0 Å². The molecule has 10 heteroatoms. The largest absolute Gasteiger partial charge is 0.341 e. The molecule has 0 fully saturated rings. The molecule has 0 aliphatic rings. The second-order valence-corrected chi connectivity index (χ2v) is 8.96. The molecule has 6 nitrogen and oxygen atoms in total. The average molecular weight is 410 g/mol. The number of alkyl halides is 2. The van der Waals surface area contributed by atoms with Gasteiger partial charge >= 0.3 is 5.76 Å². The van der Waals surface area contributed by atoms with Crippen LogP contribution in [0.5, 0.6) is 0 Å². The van der Waals surface area contributed by atoms with E-state index >= 15 is 0 Å². The molecule has 0 radical (unpaired) electrons. The molecule has 3 rings (SSSR count). The van der Waals surface area contributed by atoms with E-state index in [0.29, 0.717) is 16.0 Å². The van der Waals surface area contributed by atoms with Gasteiger partial charge in [-0.3, -0.25) is 0 Å². The van der Waals surface area contributed by atoms with Gasteiger partial charge in [0.15, 0.2) is 0 Å². The Hall–Kier alpha value is -2.33. The first-order valence-corrected chi connectivity index (χ1v) is 10.3. The Kier molecular flexibility index (Phi) is 5.56. The summed E-state index contributed by atoms with van der Waals surface area (Å²) in [7, 11) is -4.61. The van der Waals surface area contributed by atoms with Crippen molar-refractivity contribution in [2.75, 3.05) is 0 Å². The fourth-order valence-electron chi connectivity index (χ4n) is 2.31. The lowest BCUT2D eigenvalue weighted by Gasteiger charge is -2.08. The molecule has 0 unspecified atom stereocenters. The third-order valence-electron chi connectivity index (χ3n) is 3.84. The van der Waals surface area contributed by atoms with Gasteiger partial charge in [0.1, 0.15) is 0 Å². The van der Waals surface area contributed by atoms with Crippen LogP contribution in [-0.4, -0.2) is 34.4 Å². The second kappa shape index (κ2) is 7.73. The molecule has 27 heavy (non-hydrogen) atoms. The fraction of sp³-hybridized carbons (Fsp3) is 0.235. The summed E-state index contributed by atoms with van der Waals surface area (Å²) in [5.74, 6) is -3.04. The lowest BCUT2D eigenvalue weighted by Crippen LogP contribution is -2.11. The number of benzene rings is 2. The van der Waals surface area contributed by atoms with Crippen LogP contribution in [0, 0.1) is 0 Å². The Morgan fingerprint density at radius 1 is 1.00 bits per heavy atom. The maximum atomic E-state index is 12.6. The summed E-state index contributed by atoms with van der Waals surface area (Å²) in [6.45, 7) is 4.20. The van der Waals surface area contributed by atoms with Crippen molar-refractivity contribution >= 4 is 21.6 Å². The maximum absolute atomic E-state index is 12.6. The highest BCUT2D eigenvalue weighted by atomic mass is 32.2. The lowest BCUT2D eigenvalue weighted by atomic mass is 10.0. The van der Waals surface area contributed by atoms with Crippen molar-refractivity contribution in [1.82, 2.24) is 20.2 Å². The molecule has 2 aromatic carbocycles. The first-order chi connectivity index (χ1) is 12.8. The first kappa shape index (κ1) is 19.4. The van der Waals surface area contributed by atoms with Crippen LogP contribution in [0.1, 0.15) is 25.3 Å². The smallest absolute Gasteiger partial charge is 0.218 e. The van der Waals surface area contributed by atoms with Gasteiger partial charge in [-0.25, -0.2) is 8.42 Å². The monoisotopic (exact) mass is 410 g/mol. The number of sulfone groups is 1. The second-order valence-electron chi connectivity index (χ2n) is 6.00. The number of rotatable bonds is 6. The van der Waals surface area contributed by atoms with Crippen LogP contribution in [0.25, 0.3) is 5.69 Å². The summed E-state index contributed by atoms with van der Waals surface area (Å²) in [5.41, 5.74) is 1.97. The minimum absolute atomic E-state index is 0.407. The van der Waals surface area contributed by atoms with Crippen molar-refractivity contribution in [2.45, 2.75) is 40.5 Å². The molecule has 0 N–H and O–H groups in total. The zero-order valence-electron chi connectivity index (χ0n) is 14.5. The van der Waals surface area contributed by atoms with E-state index in [0.717, 1.165) is 17.8 Å². The van der Waals surface area contributed by atoms with Crippen LogP contribution in [0.15, 0.2) is 63.5 Å². The van der Waals surface area contributed by atoms with Gasteiger partial charge in [0, 0.05) is 4.90 Å². The number of tetrazole rings is 1. The van der Waals surface area contributed by atoms with E-state index in [4.69, 9.17) is 0 Å². The van der Waals surface area contributed by atoms with Crippen molar-refractivity contribution in [2.24, 2.45) is 0 Å². The highest BCUT2D eigenvalue weighted by Gasteiger charge is 2.26. The molecular formula is C17H16F2N4O2S2. The van der Waals surface area contributed by atoms with Gasteiger partial charge in [0.25, 0.3) is 0 Å². The quantitative estimate of drug-likeness (QED) is 0.613. The SMILES string of the molecule is CC(C)c1ccc(-n2nnnc2Sc2ccc(S(=O)(=O)C(F)F)cc2)cc1. The van der Waals surface area contributed by atoms with E-state index in [2.05, 4.69) is 29.4 Å². The summed E-state index contributed by atoms with van der Waals surface area (Å²) in [4.78, 5) is 0.198. The van der Waals surface area contributed by atoms with Crippen molar-refractivity contribution in [3.63, 3.8) is 0 Å². The summed E-state index contributed by atoms with van der Waals surface area (Å²) in [5, 5.41) is 12.1. The molecule has 0 saturated carbocycles. The van der Waals surface area contributed by atoms with E-state index in [9.17, 15) is 17.2 Å². The normalized spacial score (nSPS) is 12.1. The van der Waals surface area contributed by atoms with Gasteiger partial charge in [-0.1, -0.05) is 26.0 Å². The van der Waals surface area contributed by atoms with E-state index in [1.807, 2.05) is 24.3 Å². The minimum atomic E-state index is -4.61. The molecule has 0 atom stereocenters. The molecule has 0 spiro atoms. The van der Waals surface area contributed by atoms with E-state index in [-0.39, 0.29) is 0 Å². The Balaban J connectivity index is 1.83. The predicted molar refractivity (Wildman–Crippen MR) is 97.0 cm³/mol. The molecule has 0 bridgehead atoms. The van der Waals surface area contributed by atoms with Gasteiger partial charge in [-0.2, -0.15) is 13.5 Å². The standard InChI is InChI=1S/C17H16F2N4O2S2/c1-11(2)12-3-5-13(6-4-12)23-17(20-21-22-23)26-14-7-9-15(10-8-14)27(24,25)16(18)19/h3-11,16H,1-2H3. The predicted octanol–water partition coefficient (Wildman–Crippen LogP) is 3.93. The number of aromatic nitrogens is 4. The molecule has 0 amide bonds. The van der Waals surface area contributed by atoms with Gasteiger partial charge in [-0.15, -0.1) is 5.10 Å². The molecule has 3 aromatic rings. The van der Waals surface area contributed by atoms with E-state index < -0.39 is 20.5 Å². The van der Waals surface area contributed by atoms with Crippen molar-refractivity contribution in [3.8, 4) is 5.69 Å². The van der Waals surface area contributed by atoms with Crippen LogP contribution in [0.2, 0.25) is 0 Å². The summed E-state index contributed by atoms with van der Waals surface area (Å²) < 4.78 is 49.7. The zero-order chi connectivity index (χ0) is 19.6. The van der Waals surface area contributed by atoms with E-state index in [1.165, 1.54) is 29.5 Å². The maximum Gasteiger partial charge on any atom is 0.341 e. The van der Waals surface area contributed by atoms with Crippen molar-refractivity contribution < 1.29 is 17.2 Å². The number of hydrogen-bond acceptors (Lipinski definition) is 6. The van der Waals surface area contributed by atoms with Crippen LogP contribution < -0.4 is 0 Å². The highest BCUT2D eigenvalue weighted by molar-refractivity contribution is 7.99. The molecule has 142 valence electrons. The summed E-state index contributed by atoms with van der Waals surface area (Å²) >= 11 is 1.20. The van der Waals surface area contributed by atoms with Crippen LogP contribution in [0.4, 0.5) is 8.78 Å². The average Bonchev–Trinajstić information content (AvgIpc) is 3.10. The fourth-order valence-corrected chi connectivity index (χ4v) is 3.82. The number of hydrogen-bond donors (Lipinski definition) is 0. The van der Waals surface area contributed by atoms with E-state index in [1.54, 1.807) is 4.68 Å². The highest BCUT2D eigenvalue weighted by Crippen LogP contribution is 2.29. The molecular weight excluding hydrogens is 394 g/mol. The third-order valence-corrected chi connectivity index (χ3v) is 6.18. The minimum Gasteiger partial charge on any atom is -0.218 e. The van der Waals surface area contributed by atoms with Gasteiger partial charge in [0.2, 0.25) is 15.0 Å². The van der Waals surface area contributed by atoms with Crippen LogP contribution >= 0.6 is 11.8 Å². The molecule has 0 saturated heterocycles. The molecule has 0 aliphatic heterocycles. The Labute approximate surface area is 159 Å². The molecule has 0 aliphatic carbocycles. The van der Waals surface area contributed by atoms with Crippen molar-refractivity contribution in [3.05, 3.63) is 54.1 Å². The Bertz CT molecular complexity index is 1020. The number of nitrogens with zero attached hydrogens (tertiary/aromatic N) is 4. The lowest BCUT2D eigenvalue weighted by molar-refractivity contribution is 0.234. The number of halogens is 2. The van der Waals surface area contributed by atoms with Gasteiger partial charge in [0.05, 0.1) is 10.6 Å².